The number of rotatable bonds is 4. The molecule has 0 bridgehead atoms. The van der Waals surface area contributed by atoms with Crippen LogP contribution in [0.15, 0.2) is 28.7 Å². The molecule has 1 aromatic rings. The molecule has 2 rings (SSSR count). The number of hydrogen-bond acceptors (Lipinski definition) is 3. The maximum Gasteiger partial charge on any atom is 0.281 e. The predicted molar refractivity (Wildman–Crippen MR) is 76.8 cm³/mol. The summed E-state index contributed by atoms with van der Waals surface area (Å²) in [5.74, 6) is 0.747. The highest BCUT2D eigenvalue weighted by atomic mass is 79.9. The SMILES string of the molecule is O=C(CCN1CCSC1=O)Nc1ccccc1Br. The summed E-state index contributed by atoms with van der Waals surface area (Å²) in [6, 6.07) is 7.45. The van der Waals surface area contributed by atoms with Crippen LogP contribution in [0.3, 0.4) is 0 Å². The number of hydrogen-bond donors (Lipinski definition) is 1. The lowest BCUT2D eigenvalue weighted by atomic mass is 10.3. The van der Waals surface area contributed by atoms with Gasteiger partial charge in [0, 0.05) is 29.7 Å². The van der Waals surface area contributed by atoms with Gasteiger partial charge in [-0.25, -0.2) is 0 Å². The summed E-state index contributed by atoms with van der Waals surface area (Å²) >= 11 is 4.68. The maximum atomic E-state index is 11.8. The molecule has 0 aliphatic carbocycles. The Bertz CT molecular complexity index is 467. The van der Waals surface area contributed by atoms with Gasteiger partial charge in [-0.3, -0.25) is 9.59 Å². The Kier molecular flexibility index (Phi) is 4.66. The molecule has 0 atom stereocenters. The van der Waals surface area contributed by atoms with Crippen molar-refractivity contribution >= 4 is 44.5 Å². The van der Waals surface area contributed by atoms with E-state index in [1.54, 1.807) is 4.90 Å². The van der Waals surface area contributed by atoms with Crippen molar-refractivity contribution in [3.05, 3.63) is 28.7 Å². The Morgan fingerprint density at radius 3 is 2.89 bits per heavy atom. The number of anilines is 1. The summed E-state index contributed by atoms with van der Waals surface area (Å²) < 4.78 is 0.853. The molecule has 1 aliphatic rings. The topological polar surface area (TPSA) is 49.4 Å². The van der Waals surface area contributed by atoms with Crippen LogP contribution in [0.4, 0.5) is 10.5 Å². The van der Waals surface area contributed by atoms with Crippen LogP contribution < -0.4 is 5.32 Å². The zero-order valence-corrected chi connectivity index (χ0v) is 12.1. The van der Waals surface area contributed by atoms with E-state index in [0.717, 1.165) is 22.5 Å². The molecule has 18 heavy (non-hydrogen) atoms. The van der Waals surface area contributed by atoms with E-state index < -0.39 is 0 Å². The van der Waals surface area contributed by atoms with Crippen LogP contribution >= 0.6 is 27.7 Å². The quantitative estimate of drug-likeness (QED) is 0.924. The fourth-order valence-corrected chi connectivity index (χ4v) is 2.88. The lowest BCUT2D eigenvalue weighted by Crippen LogP contribution is -2.27. The lowest BCUT2D eigenvalue weighted by molar-refractivity contribution is -0.116. The second-order valence-electron chi connectivity index (χ2n) is 3.88. The summed E-state index contributed by atoms with van der Waals surface area (Å²) in [5.41, 5.74) is 0.754. The van der Waals surface area contributed by atoms with Crippen molar-refractivity contribution in [3.8, 4) is 0 Å². The molecular weight excluding hydrogens is 316 g/mol. The van der Waals surface area contributed by atoms with Crippen molar-refractivity contribution in [1.29, 1.82) is 0 Å². The number of benzene rings is 1. The van der Waals surface area contributed by atoms with Gasteiger partial charge in [0.2, 0.25) is 5.91 Å². The van der Waals surface area contributed by atoms with E-state index in [9.17, 15) is 9.59 Å². The predicted octanol–water partition coefficient (Wildman–Crippen LogP) is 2.95. The minimum atomic E-state index is -0.0772. The number of amides is 2. The highest BCUT2D eigenvalue weighted by molar-refractivity contribution is 9.10. The Balaban J connectivity index is 1.82. The summed E-state index contributed by atoms with van der Waals surface area (Å²) in [6.45, 7) is 1.23. The first-order valence-corrected chi connectivity index (χ1v) is 7.41. The van der Waals surface area contributed by atoms with Gasteiger partial charge in [0.05, 0.1) is 5.69 Å². The number of thioether (sulfide) groups is 1. The van der Waals surface area contributed by atoms with Gasteiger partial charge < -0.3 is 10.2 Å². The average molecular weight is 329 g/mol. The summed E-state index contributed by atoms with van der Waals surface area (Å²) in [4.78, 5) is 24.8. The molecule has 96 valence electrons. The third kappa shape index (κ3) is 3.49. The Morgan fingerprint density at radius 2 is 2.22 bits per heavy atom. The standard InChI is InChI=1S/C12H13BrN2O2S/c13-9-3-1-2-4-10(9)14-11(16)5-6-15-7-8-18-12(15)17/h1-4H,5-8H2,(H,14,16). The average Bonchev–Trinajstić information content (AvgIpc) is 2.75. The van der Waals surface area contributed by atoms with Gasteiger partial charge in [-0.2, -0.15) is 0 Å². The Morgan fingerprint density at radius 1 is 1.44 bits per heavy atom. The highest BCUT2D eigenvalue weighted by Gasteiger charge is 2.21. The molecule has 0 unspecified atom stereocenters. The van der Waals surface area contributed by atoms with Gasteiger partial charge in [-0.15, -0.1) is 0 Å². The third-order valence-corrected chi connectivity index (χ3v) is 4.19. The van der Waals surface area contributed by atoms with E-state index >= 15 is 0 Å². The van der Waals surface area contributed by atoms with Crippen LogP contribution in [-0.4, -0.2) is 34.9 Å². The van der Waals surface area contributed by atoms with Crippen LogP contribution in [0.25, 0.3) is 0 Å². The van der Waals surface area contributed by atoms with E-state index in [1.807, 2.05) is 24.3 Å². The Hall–Kier alpha value is -1.01. The van der Waals surface area contributed by atoms with E-state index in [4.69, 9.17) is 0 Å². The van der Waals surface area contributed by atoms with Crippen LogP contribution in [-0.2, 0) is 4.79 Å². The molecule has 0 spiro atoms. The van der Waals surface area contributed by atoms with E-state index in [0.29, 0.717) is 13.0 Å². The Labute approximate surface area is 118 Å². The summed E-state index contributed by atoms with van der Waals surface area (Å²) in [5, 5.41) is 2.89. The number of carbonyl (C=O) groups is 2. The summed E-state index contributed by atoms with van der Waals surface area (Å²) in [6.07, 6.45) is 0.327. The molecule has 1 aliphatic heterocycles. The normalized spacial score (nSPS) is 14.9. The van der Waals surface area contributed by atoms with Crippen molar-refractivity contribution in [2.24, 2.45) is 0 Å². The molecular formula is C12H13BrN2O2S. The zero-order chi connectivity index (χ0) is 13.0. The highest BCUT2D eigenvalue weighted by Crippen LogP contribution is 2.21. The van der Waals surface area contributed by atoms with Gasteiger partial charge in [0.1, 0.15) is 0 Å². The third-order valence-electron chi connectivity index (χ3n) is 2.60. The zero-order valence-electron chi connectivity index (χ0n) is 9.69. The van der Waals surface area contributed by atoms with E-state index in [1.165, 1.54) is 11.8 Å². The molecule has 1 fully saturated rings. The molecule has 1 N–H and O–H groups in total. The molecule has 0 aromatic heterocycles. The molecule has 1 saturated heterocycles. The van der Waals surface area contributed by atoms with Crippen molar-refractivity contribution in [3.63, 3.8) is 0 Å². The van der Waals surface area contributed by atoms with Gasteiger partial charge in [0.25, 0.3) is 5.24 Å². The lowest BCUT2D eigenvalue weighted by Gasteiger charge is -2.14. The molecule has 1 aromatic carbocycles. The van der Waals surface area contributed by atoms with Crippen molar-refractivity contribution in [2.45, 2.75) is 6.42 Å². The second-order valence-corrected chi connectivity index (χ2v) is 5.78. The number of para-hydroxylation sites is 1. The number of halogens is 1. The molecule has 4 nitrogen and oxygen atoms in total. The molecule has 0 radical (unpaired) electrons. The minimum absolute atomic E-state index is 0.0729. The van der Waals surface area contributed by atoms with E-state index in [-0.39, 0.29) is 11.1 Å². The van der Waals surface area contributed by atoms with Crippen LogP contribution in [0.1, 0.15) is 6.42 Å². The maximum absolute atomic E-state index is 11.8. The van der Waals surface area contributed by atoms with Crippen LogP contribution in [0.2, 0.25) is 0 Å². The smallest absolute Gasteiger partial charge is 0.281 e. The van der Waals surface area contributed by atoms with Gasteiger partial charge in [0.15, 0.2) is 0 Å². The first-order chi connectivity index (χ1) is 8.66. The van der Waals surface area contributed by atoms with Crippen molar-refractivity contribution in [1.82, 2.24) is 4.90 Å². The van der Waals surface area contributed by atoms with Crippen LogP contribution in [0, 0.1) is 0 Å². The first-order valence-electron chi connectivity index (χ1n) is 5.63. The number of nitrogens with one attached hydrogen (secondary N) is 1. The van der Waals surface area contributed by atoms with E-state index in [2.05, 4.69) is 21.2 Å². The minimum Gasteiger partial charge on any atom is -0.332 e. The molecule has 1 heterocycles. The summed E-state index contributed by atoms with van der Waals surface area (Å²) in [7, 11) is 0. The monoisotopic (exact) mass is 328 g/mol. The van der Waals surface area contributed by atoms with Crippen LogP contribution in [0.5, 0.6) is 0 Å². The van der Waals surface area contributed by atoms with Crippen molar-refractivity contribution < 1.29 is 9.59 Å². The van der Waals surface area contributed by atoms with Crippen molar-refractivity contribution in [2.75, 3.05) is 24.2 Å². The molecule has 0 saturated carbocycles. The molecule has 2 amide bonds. The largest absolute Gasteiger partial charge is 0.332 e. The fourth-order valence-electron chi connectivity index (χ4n) is 1.64. The van der Waals surface area contributed by atoms with Gasteiger partial charge in [-0.05, 0) is 28.1 Å². The number of nitrogens with zero attached hydrogens (tertiary/aromatic N) is 1. The number of carbonyl (C=O) groups excluding carboxylic acids is 2. The van der Waals surface area contributed by atoms with Gasteiger partial charge >= 0.3 is 0 Å². The molecule has 6 heteroatoms. The second kappa shape index (κ2) is 6.24. The first kappa shape index (κ1) is 13.4. The van der Waals surface area contributed by atoms with Gasteiger partial charge in [-0.1, -0.05) is 23.9 Å². The fraction of sp³-hybridized carbons (Fsp3) is 0.333.